The van der Waals surface area contributed by atoms with Gasteiger partial charge >= 0.3 is 6.18 Å². The van der Waals surface area contributed by atoms with E-state index in [4.69, 9.17) is 4.84 Å². The van der Waals surface area contributed by atoms with Crippen LogP contribution in [0.1, 0.15) is 43.2 Å². The summed E-state index contributed by atoms with van der Waals surface area (Å²) >= 11 is 0. The maximum absolute atomic E-state index is 14.7. The lowest BCUT2D eigenvalue weighted by molar-refractivity contribution is -0.137. The minimum atomic E-state index is -4.45. The standard InChI is InChI=1S/C28H29F4N5O3/c1-16(2)15-40-37-26(39)22-14-36(25(38)21-10-17(3)19(12-33)11-23(21)29)9-8-24(22)35-27(37)34-13-18-4-6-20(7-5-18)28(30,31)32/h4-7,10-11,16-17,19H,8-9,13-15H2,1-3H3,(H,34,35). The summed E-state index contributed by atoms with van der Waals surface area (Å²) in [4.78, 5) is 38.4. The number of aromatic nitrogens is 2. The Kier molecular flexibility index (Phi) is 8.32. The van der Waals surface area contributed by atoms with Crippen molar-refractivity contribution in [1.29, 1.82) is 5.26 Å². The third-order valence-corrected chi connectivity index (χ3v) is 6.71. The van der Waals surface area contributed by atoms with E-state index in [1.807, 2.05) is 19.9 Å². The summed E-state index contributed by atoms with van der Waals surface area (Å²) in [5.74, 6) is -2.20. The molecule has 40 heavy (non-hydrogen) atoms. The smallest absolute Gasteiger partial charge is 0.407 e. The number of allylic oxidation sites excluding steroid dienone is 2. The Morgan fingerprint density at radius 2 is 1.95 bits per heavy atom. The maximum atomic E-state index is 14.7. The van der Waals surface area contributed by atoms with Crippen LogP contribution in [-0.2, 0) is 30.5 Å². The van der Waals surface area contributed by atoms with Crippen LogP contribution in [-0.4, -0.2) is 33.7 Å². The SMILES string of the molecule is CC(C)COn1c(NCc2ccc(C(F)(F)F)cc2)nc2c(c1=O)CN(C(=O)C1=CC(C)C(C#N)C=C1F)CC2. The Morgan fingerprint density at radius 3 is 2.58 bits per heavy atom. The van der Waals surface area contributed by atoms with Crippen LogP contribution in [0.4, 0.5) is 23.5 Å². The summed E-state index contributed by atoms with van der Waals surface area (Å²) < 4.78 is 54.3. The molecule has 0 spiro atoms. The van der Waals surface area contributed by atoms with Crippen molar-refractivity contribution in [3.63, 3.8) is 0 Å². The van der Waals surface area contributed by atoms with E-state index in [1.165, 1.54) is 23.1 Å². The molecular weight excluding hydrogens is 530 g/mol. The van der Waals surface area contributed by atoms with Gasteiger partial charge in [-0.05, 0) is 35.6 Å². The van der Waals surface area contributed by atoms with E-state index >= 15 is 0 Å². The third kappa shape index (κ3) is 6.19. The topological polar surface area (TPSA) is 100 Å². The number of benzene rings is 1. The van der Waals surface area contributed by atoms with Crippen LogP contribution in [0.15, 0.2) is 52.6 Å². The largest absolute Gasteiger partial charge is 0.416 e. The number of hydrogen-bond donors (Lipinski definition) is 1. The van der Waals surface area contributed by atoms with Crippen molar-refractivity contribution in [3.8, 4) is 6.07 Å². The van der Waals surface area contributed by atoms with Gasteiger partial charge in [-0.2, -0.15) is 18.4 Å². The average molecular weight is 560 g/mol. The molecule has 2 atom stereocenters. The second kappa shape index (κ2) is 11.5. The van der Waals surface area contributed by atoms with Gasteiger partial charge in [-0.3, -0.25) is 9.59 Å². The van der Waals surface area contributed by atoms with Crippen molar-refractivity contribution in [2.75, 3.05) is 18.5 Å². The molecule has 12 heteroatoms. The maximum Gasteiger partial charge on any atom is 0.416 e. The molecule has 2 aromatic rings. The highest BCUT2D eigenvalue weighted by Gasteiger charge is 2.33. The number of carbonyl (C=O) groups is 1. The fourth-order valence-corrected chi connectivity index (χ4v) is 4.42. The zero-order valence-corrected chi connectivity index (χ0v) is 22.3. The molecule has 0 saturated heterocycles. The first-order chi connectivity index (χ1) is 18.9. The number of hydrogen-bond acceptors (Lipinski definition) is 6. The zero-order chi connectivity index (χ0) is 29.2. The summed E-state index contributed by atoms with van der Waals surface area (Å²) in [5.41, 5.74) is -0.229. The molecule has 1 amide bonds. The highest BCUT2D eigenvalue weighted by Crippen LogP contribution is 2.31. The van der Waals surface area contributed by atoms with Crippen molar-refractivity contribution in [3.05, 3.63) is 80.6 Å². The van der Waals surface area contributed by atoms with Crippen molar-refractivity contribution in [1.82, 2.24) is 14.6 Å². The first-order valence-electron chi connectivity index (χ1n) is 12.9. The monoisotopic (exact) mass is 559 g/mol. The summed E-state index contributed by atoms with van der Waals surface area (Å²) in [6, 6.07) is 6.63. The highest BCUT2D eigenvalue weighted by molar-refractivity contribution is 5.97. The highest BCUT2D eigenvalue weighted by atomic mass is 19.4. The van der Waals surface area contributed by atoms with Crippen LogP contribution in [0, 0.1) is 29.1 Å². The Hall–Kier alpha value is -4.14. The Balaban J connectivity index is 1.58. The van der Waals surface area contributed by atoms with Crippen LogP contribution in [0.25, 0.3) is 0 Å². The van der Waals surface area contributed by atoms with Gasteiger partial charge < -0.3 is 15.1 Å². The van der Waals surface area contributed by atoms with E-state index in [9.17, 15) is 32.4 Å². The minimum absolute atomic E-state index is 0.0657. The van der Waals surface area contributed by atoms with Gasteiger partial charge in [0.1, 0.15) is 12.4 Å². The lowest BCUT2D eigenvalue weighted by atomic mass is 9.87. The molecule has 212 valence electrons. The molecular formula is C28H29F4N5O3. The van der Waals surface area contributed by atoms with Crippen molar-refractivity contribution >= 4 is 11.9 Å². The van der Waals surface area contributed by atoms with Gasteiger partial charge in [-0.25, -0.2) is 9.37 Å². The Morgan fingerprint density at radius 1 is 1.25 bits per heavy atom. The number of anilines is 1. The van der Waals surface area contributed by atoms with Gasteiger partial charge in [0.05, 0.1) is 40.9 Å². The van der Waals surface area contributed by atoms with Crippen LogP contribution in [0.3, 0.4) is 0 Å². The van der Waals surface area contributed by atoms with Gasteiger partial charge in [-0.15, -0.1) is 4.73 Å². The number of alkyl halides is 3. The van der Waals surface area contributed by atoms with Crippen LogP contribution >= 0.6 is 0 Å². The number of amides is 1. The predicted octanol–water partition coefficient (Wildman–Crippen LogP) is 4.41. The number of nitriles is 1. The number of nitrogens with zero attached hydrogens (tertiary/aromatic N) is 4. The molecule has 0 bridgehead atoms. The zero-order valence-electron chi connectivity index (χ0n) is 22.3. The second-order valence-electron chi connectivity index (χ2n) is 10.3. The molecule has 1 aromatic heterocycles. The first kappa shape index (κ1) is 28.9. The number of nitrogens with one attached hydrogen (secondary N) is 1. The molecule has 2 heterocycles. The van der Waals surface area contributed by atoms with Gasteiger partial charge in [0.2, 0.25) is 5.95 Å². The van der Waals surface area contributed by atoms with E-state index < -0.39 is 35.0 Å². The number of carbonyl (C=O) groups excluding carboxylic acids is 1. The van der Waals surface area contributed by atoms with Crippen LogP contribution < -0.4 is 15.7 Å². The number of fused-ring (bicyclic) bond motifs is 1. The van der Waals surface area contributed by atoms with Crippen LogP contribution in [0.2, 0.25) is 0 Å². The molecule has 0 radical (unpaired) electrons. The summed E-state index contributed by atoms with van der Waals surface area (Å²) in [6.45, 7) is 5.86. The quantitative estimate of drug-likeness (QED) is 0.505. The fourth-order valence-electron chi connectivity index (χ4n) is 4.42. The molecule has 2 unspecified atom stereocenters. The average Bonchev–Trinajstić information content (AvgIpc) is 2.91. The number of rotatable bonds is 7. The lowest BCUT2D eigenvalue weighted by Crippen LogP contribution is -2.43. The Labute approximate surface area is 228 Å². The molecule has 1 aromatic carbocycles. The van der Waals surface area contributed by atoms with Crippen LogP contribution in [0.5, 0.6) is 0 Å². The minimum Gasteiger partial charge on any atom is -0.407 e. The van der Waals surface area contributed by atoms with Gasteiger partial charge in [0.25, 0.3) is 11.5 Å². The lowest BCUT2D eigenvalue weighted by Gasteiger charge is -2.30. The van der Waals surface area contributed by atoms with E-state index in [2.05, 4.69) is 10.3 Å². The van der Waals surface area contributed by atoms with Crippen molar-refractivity contribution in [2.45, 2.75) is 46.5 Å². The third-order valence-electron chi connectivity index (χ3n) is 6.71. The molecule has 4 rings (SSSR count). The fraction of sp³-hybridized carbons (Fsp3) is 0.429. The summed E-state index contributed by atoms with van der Waals surface area (Å²) in [6.07, 6.45) is -1.64. The molecule has 1 aliphatic carbocycles. The molecule has 8 nitrogen and oxygen atoms in total. The Bertz CT molecular complexity index is 1440. The van der Waals surface area contributed by atoms with Crippen molar-refractivity contribution < 1.29 is 27.2 Å². The summed E-state index contributed by atoms with van der Waals surface area (Å²) in [7, 11) is 0. The van der Waals surface area contributed by atoms with E-state index in [0.717, 1.165) is 22.9 Å². The van der Waals surface area contributed by atoms with E-state index in [0.29, 0.717) is 11.3 Å². The van der Waals surface area contributed by atoms with Gasteiger partial charge in [0, 0.05) is 19.5 Å². The van der Waals surface area contributed by atoms with Gasteiger partial charge in [0.15, 0.2) is 0 Å². The molecule has 0 fully saturated rings. The van der Waals surface area contributed by atoms with Crippen molar-refractivity contribution in [2.24, 2.45) is 17.8 Å². The van der Waals surface area contributed by atoms with E-state index in [1.54, 1.807) is 6.92 Å². The van der Waals surface area contributed by atoms with Gasteiger partial charge in [-0.1, -0.05) is 39.0 Å². The molecule has 1 aliphatic heterocycles. The second-order valence-corrected chi connectivity index (χ2v) is 10.3. The normalized spacial score (nSPS) is 18.9. The molecule has 0 saturated carbocycles. The number of halogens is 4. The summed E-state index contributed by atoms with van der Waals surface area (Å²) in [5, 5.41) is 12.2. The van der Waals surface area contributed by atoms with E-state index in [-0.39, 0.29) is 61.6 Å². The first-order valence-corrected chi connectivity index (χ1v) is 12.9. The molecule has 1 N–H and O–H groups in total. The molecule has 2 aliphatic rings. The predicted molar refractivity (Wildman–Crippen MR) is 138 cm³/mol.